The fourth-order valence-corrected chi connectivity index (χ4v) is 3.35. The van der Waals surface area contributed by atoms with Crippen LogP contribution in [0.5, 0.6) is 5.88 Å². The predicted octanol–water partition coefficient (Wildman–Crippen LogP) is 2.65. The standard InChI is InChI=1S/C12H9ClN4OS/c1-5-9-10(7-2-3-8(13)19-7)6(4-14)11(15)18-12(9)17-16-5/h2-3,10H,15H2,1H3,(H,16,17). The highest BCUT2D eigenvalue weighted by Crippen LogP contribution is 2.45. The SMILES string of the molecule is Cc1[nH]nc2c1C(c1ccc(Cl)s1)C(C#N)=C(N)O2. The van der Waals surface area contributed by atoms with E-state index in [9.17, 15) is 5.26 Å². The van der Waals surface area contributed by atoms with Gasteiger partial charge in [0.15, 0.2) is 0 Å². The number of ether oxygens (including phenoxy) is 1. The Morgan fingerprint density at radius 2 is 2.37 bits per heavy atom. The molecular weight excluding hydrogens is 284 g/mol. The number of nitriles is 1. The van der Waals surface area contributed by atoms with Crippen molar-refractivity contribution in [2.24, 2.45) is 5.73 Å². The Morgan fingerprint density at radius 1 is 1.58 bits per heavy atom. The molecule has 0 aromatic carbocycles. The zero-order valence-corrected chi connectivity index (χ0v) is 11.5. The van der Waals surface area contributed by atoms with E-state index in [0.717, 1.165) is 16.1 Å². The van der Waals surface area contributed by atoms with Crippen molar-refractivity contribution >= 4 is 22.9 Å². The van der Waals surface area contributed by atoms with Crippen LogP contribution in [0.15, 0.2) is 23.6 Å². The van der Waals surface area contributed by atoms with Crippen LogP contribution < -0.4 is 10.5 Å². The van der Waals surface area contributed by atoms with Gasteiger partial charge in [0, 0.05) is 10.6 Å². The average molecular weight is 293 g/mol. The summed E-state index contributed by atoms with van der Waals surface area (Å²) in [5.74, 6) is 0.240. The summed E-state index contributed by atoms with van der Waals surface area (Å²) in [4.78, 5) is 0.943. The number of aromatic amines is 1. The molecule has 1 aliphatic heterocycles. The van der Waals surface area contributed by atoms with E-state index in [2.05, 4.69) is 16.3 Å². The molecular formula is C12H9ClN4OS. The first-order valence-corrected chi connectivity index (χ1v) is 6.69. The monoisotopic (exact) mass is 292 g/mol. The number of rotatable bonds is 1. The summed E-state index contributed by atoms with van der Waals surface area (Å²) in [6.07, 6.45) is 0. The fourth-order valence-electron chi connectivity index (χ4n) is 2.17. The maximum absolute atomic E-state index is 9.33. The number of nitrogens with zero attached hydrogens (tertiary/aromatic N) is 2. The van der Waals surface area contributed by atoms with Gasteiger partial charge >= 0.3 is 0 Å². The molecule has 5 nitrogen and oxygen atoms in total. The third-order valence-electron chi connectivity index (χ3n) is 3.01. The molecule has 3 N–H and O–H groups in total. The molecule has 96 valence electrons. The first kappa shape index (κ1) is 12.1. The zero-order chi connectivity index (χ0) is 13.6. The van der Waals surface area contributed by atoms with E-state index in [1.807, 2.05) is 13.0 Å². The molecule has 0 fully saturated rings. The molecule has 19 heavy (non-hydrogen) atoms. The molecule has 2 aromatic rings. The highest BCUT2D eigenvalue weighted by atomic mass is 35.5. The van der Waals surface area contributed by atoms with E-state index >= 15 is 0 Å². The van der Waals surface area contributed by atoms with Crippen LogP contribution in [0.3, 0.4) is 0 Å². The Hall–Kier alpha value is -1.97. The first-order chi connectivity index (χ1) is 9.11. The van der Waals surface area contributed by atoms with E-state index in [1.165, 1.54) is 11.3 Å². The number of allylic oxidation sites excluding steroid dienone is 1. The fraction of sp³-hybridized carbons (Fsp3) is 0.167. The maximum atomic E-state index is 9.33. The molecule has 3 rings (SSSR count). The Bertz CT molecular complexity index is 724. The van der Waals surface area contributed by atoms with E-state index in [0.29, 0.717) is 15.8 Å². The number of aromatic nitrogens is 2. The number of nitrogens with two attached hydrogens (primary N) is 1. The summed E-state index contributed by atoms with van der Waals surface area (Å²) in [6.45, 7) is 1.88. The molecule has 0 aliphatic carbocycles. The van der Waals surface area contributed by atoms with Crippen LogP contribution in [-0.4, -0.2) is 10.2 Å². The summed E-state index contributed by atoms with van der Waals surface area (Å²) in [6, 6.07) is 5.82. The molecule has 0 bridgehead atoms. The van der Waals surface area contributed by atoms with Crippen LogP contribution in [0.2, 0.25) is 4.34 Å². The van der Waals surface area contributed by atoms with Gasteiger partial charge in [-0.05, 0) is 19.1 Å². The van der Waals surface area contributed by atoms with Crippen molar-refractivity contribution < 1.29 is 4.74 Å². The number of nitrogens with one attached hydrogen (secondary N) is 1. The van der Waals surface area contributed by atoms with Crippen LogP contribution in [0.25, 0.3) is 0 Å². The van der Waals surface area contributed by atoms with E-state index in [-0.39, 0.29) is 11.8 Å². The van der Waals surface area contributed by atoms with Gasteiger partial charge in [0.25, 0.3) is 0 Å². The van der Waals surface area contributed by atoms with E-state index in [1.54, 1.807) is 6.07 Å². The van der Waals surface area contributed by atoms with Crippen LogP contribution in [0.4, 0.5) is 0 Å². The maximum Gasteiger partial charge on any atom is 0.244 e. The summed E-state index contributed by atoms with van der Waals surface area (Å²) < 4.78 is 6.05. The van der Waals surface area contributed by atoms with Gasteiger partial charge in [-0.2, -0.15) is 5.26 Å². The van der Waals surface area contributed by atoms with Crippen molar-refractivity contribution in [2.45, 2.75) is 12.8 Å². The van der Waals surface area contributed by atoms with Crippen LogP contribution in [0, 0.1) is 18.3 Å². The molecule has 0 saturated heterocycles. The van der Waals surface area contributed by atoms with Crippen LogP contribution in [0.1, 0.15) is 22.1 Å². The zero-order valence-electron chi connectivity index (χ0n) is 9.90. The average Bonchev–Trinajstić information content (AvgIpc) is 2.95. The van der Waals surface area contributed by atoms with Gasteiger partial charge in [0.2, 0.25) is 11.8 Å². The molecule has 0 radical (unpaired) electrons. The predicted molar refractivity (Wildman–Crippen MR) is 72.0 cm³/mol. The van der Waals surface area contributed by atoms with Crippen molar-refractivity contribution in [3.63, 3.8) is 0 Å². The van der Waals surface area contributed by atoms with E-state index < -0.39 is 0 Å². The van der Waals surface area contributed by atoms with Gasteiger partial charge in [-0.1, -0.05) is 11.6 Å². The van der Waals surface area contributed by atoms with Gasteiger partial charge in [0.05, 0.1) is 15.8 Å². The van der Waals surface area contributed by atoms with Gasteiger partial charge < -0.3 is 10.5 Å². The highest BCUT2D eigenvalue weighted by Gasteiger charge is 2.34. The quantitative estimate of drug-likeness (QED) is 0.846. The van der Waals surface area contributed by atoms with Crippen LogP contribution >= 0.6 is 22.9 Å². The van der Waals surface area contributed by atoms with Gasteiger partial charge in [-0.15, -0.1) is 16.4 Å². The van der Waals surface area contributed by atoms with Crippen LogP contribution in [-0.2, 0) is 0 Å². The summed E-state index contributed by atoms with van der Waals surface area (Å²) in [5, 5.41) is 16.2. The molecule has 0 spiro atoms. The Labute approximate surface area is 118 Å². The lowest BCUT2D eigenvalue weighted by Crippen LogP contribution is -2.20. The van der Waals surface area contributed by atoms with Crippen molar-refractivity contribution in [3.05, 3.63) is 44.1 Å². The van der Waals surface area contributed by atoms with Gasteiger partial charge in [-0.3, -0.25) is 5.10 Å². The smallest absolute Gasteiger partial charge is 0.244 e. The molecule has 0 amide bonds. The van der Waals surface area contributed by atoms with Crippen molar-refractivity contribution in [1.82, 2.24) is 10.2 Å². The Kier molecular flexibility index (Phi) is 2.73. The Balaban J connectivity index is 2.24. The number of hydrogen-bond donors (Lipinski definition) is 2. The number of fused-ring (bicyclic) bond motifs is 1. The third-order valence-corrected chi connectivity index (χ3v) is 4.30. The second-order valence-electron chi connectivity index (χ2n) is 4.13. The molecule has 0 saturated carbocycles. The molecule has 2 aromatic heterocycles. The molecule has 1 atom stereocenters. The molecule has 1 unspecified atom stereocenters. The van der Waals surface area contributed by atoms with Crippen molar-refractivity contribution in [2.75, 3.05) is 0 Å². The number of thiophene rings is 1. The van der Waals surface area contributed by atoms with Gasteiger partial charge in [-0.25, -0.2) is 0 Å². The van der Waals surface area contributed by atoms with Crippen molar-refractivity contribution in [1.29, 1.82) is 5.26 Å². The first-order valence-electron chi connectivity index (χ1n) is 5.49. The highest BCUT2D eigenvalue weighted by molar-refractivity contribution is 7.16. The molecule has 1 aliphatic rings. The molecule has 3 heterocycles. The largest absolute Gasteiger partial charge is 0.420 e. The lowest BCUT2D eigenvalue weighted by Gasteiger charge is -2.22. The minimum absolute atomic E-state index is 0.0935. The van der Waals surface area contributed by atoms with E-state index in [4.69, 9.17) is 22.1 Å². The van der Waals surface area contributed by atoms with Crippen molar-refractivity contribution in [3.8, 4) is 11.9 Å². The minimum atomic E-state index is -0.273. The number of aryl methyl sites for hydroxylation is 1. The number of halogens is 1. The minimum Gasteiger partial charge on any atom is -0.420 e. The third kappa shape index (κ3) is 1.79. The summed E-state index contributed by atoms with van der Waals surface area (Å²) in [7, 11) is 0. The molecule has 7 heteroatoms. The Morgan fingerprint density at radius 3 is 3.00 bits per heavy atom. The second-order valence-corrected chi connectivity index (χ2v) is 5.88. The second kappa shape index (κ2) is 4.30. The number of hydrogen-bond acceptors (Lipinski definition) is 5. The number of H-pyrrole nitrogens is 1. The lowest BCUT2D eigenvalue weighted by molar-refractivity contribution is 0.379. The topological polar surface area (TPSA) is 87.7 Å². The lowest BCUT2D eigenvalue weighted by atomic mass is 9.89. The van der Waals surface area contributed by atoms with Gasteiger partial charge in [0.1, 0.15) is 11.6 Å². The summed E-state index contributed by atoms with van der Waals surface area (Å²) in [5.41, 5.74) is 7.87. The normalized spacial score (nSPS) is 17.8. The summed E-state index contributed by atoms with van der Waals surface area (Å²) >= 11 is 7.40.